The zero-order valence-corrected chi connectivity index (χ0v) is 15.2. The van der Waals surface area contributed by atoms with Crippen LogP contribution >= 0.6 is 0 Å². The molecule has 24 heavy (non-hydrogen) atoms. The predicted octanol–water partition coefficient (Wildman–Crippen LogP) is 2.46. The van der Waals surface area contributed by atoms with Crippen molar-refractivity contribution in [3.63, 3.8) is 0 Å². The highest BCUT2D eigenvalue weighted by atomic mass is 16.5. The van der Waals surface area contributed by atoms with Gasteiger partial charge >= 0.3 is 11.9 Å². The van der Waals surface area contributed by atoms with Gasteiger partial charge in [-0.15, -0.1) is 0 Å². The highest BCUT2D eigenvalue weighted by Gasteiger charge is 2.20. The minimum atomic E-state index is -0.975. The Labute approximate surface area is 145 Å². The van der Waals surface area contributed by atoms with Gasteiger partial charge in [0.05, 0.1) is 6.61 Å². The van der Waals surface area contributed by atoms with Gasteiger partial charge < -0.3 is 14.9 Å². The van der Waals surface area contributed by atoms with Gasteiger partial charge in [-0.1, -0.05) is 51.9 Å². The monoisotopic (exact) mass is 346 g/mol. The van der Waals surface area contributed by atoms with Crippen LogP contribution in [0, 0.1) is 0 Å². The highest BCUT2D eigenvalue weighted by molar-refractivity contribution is 5.70. The van der Waals surface area contributed by atoms with E-state index >= 15 is 0 Å². The minimum absolute atomic E-state index is 0.187. The van der Waals surface area contributed by atoms with E-state index in [-0.39, 0.29) is 13.1 Å². The third-order valence-electron chi connectivity index (χ3n) is 3.86. The molecule has 0 aromatic rings. The number of methoxy groups -OCH3 is 1. The van der Waals surface area contributed by atoms with E-state index in [0.717, 1.165) is 19.3 Å². The number of carboxylic acid groups (broad SMARTS) is 2. The average molecular weight is 346 g/mol. The molecule has 0 aliphatic rings. The molecule has 142 valence electrons. The smallest absolute Gasteiger partial charge is 0.319 e. The molecule has 0 radical (unpaired) electrons. The van der Waals surface area contributed by atoms with E-state index in [1.165, 1.54) is 32.1 Å². The Kier molecular flexibility index (Phi) is 14.6. The zero-order chi connectivity index (χ0) is 18.2. The van der Waals surface area contributed by atoms with Crippen LogP contribution in [0.25, 0.3) is 0 Å². The fraction of sp³-hybridized carbons (Fsp3) is 0.882. The van der Waals surface area contributed by atoms with Crippen molar-refractivity contribution in [1.29, 1.82) is 0 Å². The Balaban J connectivity index is 4.25. The van der Waals surface area contributed by atoms with Crippen LogP contribution < -0.4 is 0 Å². The van der Waals surface area contributed by atoms with E-state index in [1.54, 1.807) is 17.1 Å². The summed E-state index contributed by atoms with van der Waals surface area (Å²) in [7, 11) is 1.54. The summed E-state index contributed by atoms with van der Waals surface area (Å²) in [5.74, 6) is -1.93. The predicted molar refractivity (Wildman–Crippen MR) is 92.9 cm³/mol. The maximum Gasteiger partial charge on any atom is 0.319 e. The van der Waals surface area contributed by atoms with Crippen molar-refractivity contribution in [3.05, 3.63) is 0 Å². The Morgan fingerprint density at radius 2 is 1.25 bits per heavy atom. The molecule has 0 aliphatic carbocycles. The first-order valence-corrected chi connectivity index (χ1v) is 8.93. The van der Waals surface area contributed by atoms with Crippen molar-refractivity contribution in [2.45, 2.75) is 58.3 Å². The van der Waals surface area contributed by atoms with E-state index < -0.39 is 11.9 Å². The van der Waals surface area contributed by atoms with Gasteiger partial charge in [-0.25, -0.2) is 10.0 Å². The molecule has 0 atom stereocenters. The first-order valence-electron chi connectivity index (χ1n) is 8.93. The summed E-state index contributed by atoms with van der Waals surface area (Å²) in [6, 6.07) is 0. The lowest BCUT2D eigenvalue weighted by molar-refractivity contribution is -0.153. The molecule has 0 amide bonds. The SMILES string of the molecule is CCCCCCCCCCN(CC(=O)O)N(CCOC)CC(=O)O. The van der Waals surface area contributed by atoms with E-state index in [1.807, 2.05) is 0 Å². The standard InChI is InChI=1S/C17H34N2O5/c1-3-4-5-6-7-8-9-10-11-18(14-16(20)21)19(12-13-24-2)15-17(22)23/h3-15H2,1-2H3,(H,20,21)(H,22,23). The van der Waals surface area contributed by atoms with Crippen molar-refractivity contribution in [3.8, 4) is 0 Å². The minimum Gasteiger partial charge on any atom is -0.480 e. The van der Waals surface area contributed by atoms with E-state index in [2.05, 4.69) is 6.92 Å². The number of hydrazine groups is 1. The van der Waals surface area contributed by atoms with E-state index in [4.69, 9.17) is 14.9 Å². The summed E-state index contributed by atoms with van der Waals surface area (Å²) < 4.78 is 4.99. The van der Waals surface area contributed by atoms with E-state index in [9.17, 15) is 9.59 Å². The molecule has 0 unspecified atom stereocenters. The summed E-state index contributed by atoms with van der Waals surface area (Å²) in [4.78, 5) is 22.1. The number of aliphatic carboxylic acids is 2. The second-order valence-corrected chi connectivity index (χ2v) is 6.03. The molecular weight excluding hydrogens is 312 g/mol. The Hall–Kier alpha value is -1.18. The number of nitrogens with zero attached hydrogens (tertiary/aromatic N) is 2. The zero-order valence-electron chi connectivity index (χ0n) is 15.2. The Morgan fingerprint density at radius 1 is 0.792 bits per heavy atom. The molecular formula is C17H34N2O5. The van der Waals surface area contributed by atoms with Crippen LogP contribution in [0.2, 0.25) is 0 Å². The average Bonchev–Trinajstić information content (AvgIpc) is 2.52. The van der Waals surface area contributed by atoms with Crippen LogP contribution in [-0.2, 0) is 14.3 Å². The van der Waals surface area contributed by atoms with Crippen LogP contribution in [0.3, 0.4) is 0 Å². The lowest BCUT2D eigenvalue weighted by atomic mass is 10.1. The quantitative estimate of drug-likeness (QED) is 0.309. The van der Waals surface area contributed by atoms with Crippen molar-refractivity contribution in [2.75, 3.05) is 39.9 Å². The van der Waals surface area contributed by atoms with Gasteiger partial charge in [0.1, 0.15) is 13.1 Å². The van der Waals surface area contributed by atoms with Gasteiger partial charge in [-0.3, -0.25) is 9.59 Å². The first kappa shape index (κ1) is 22.8. The molecule has 0 bridgehead atoms. The molecule has 2 N–H and O–H groups in total. The van der Waals surface area contributed by atoms with Crippen LogP contribution in [0.5, 0.6) is 0 Å². The van der Waals surface area contributed by atoms with Crippen molar-refractivity contribution in [1.82, 2.24) is 10.0 Å². The third kappa shape index (κ3) is 13.3. The molecule has 0 spiro atoms. The first-order chi connectivity index (χ1) is 11.5. The number of carboxylic acids is 2. The molecule has 0 rings (SSSR count). The normalized spacial score (nSPS) is 11.3. The van der Waals surface area contributed by atoms with Gasteiger partial charge in [0.15, 0.2) is 0 Å². The molecule has 7 heteroatoms. The summed E-state index contributed by atoms with van der Waals surface area (Å²) in [5.41, 5.74) is 0. The lowest BCUT2D eigenvalue weighted by Crippen LogP contribution is -2.49. The summed E-state index contributed by atoms with van der Waals surface area (Å²) in [6.45, 7) is 3.08. The fourth-order valence-corrected chi connectivity index (χ4v) is 2.58. The number of ether oxygens (including phenoxy) is 1. The second kappa shape index (κ2) is 15.4. The maximum atomic E-state index is 11.1. The highest BCUT2D eigenvalue weighted by Crippen LogP contribution is 2.10. The number of carbonyl (C=O) groups is 2. The number of hydrogen-bond donors (Lipinski definition) is 2. The molecule has 0 aromatic heterocycles. The van der Waals surface area contributed by atoms with Gasteiger partial charge in [-0.2, -0.15) is 0 Å². The maximum absolute atomic E-state index is 11.1. The molecule has 0 fully saturated rings. The third-order valence-corrected chi connectivity index (χ3v) is 3.86. The van der Waals surface area contributed by atoms with Crippen LogP contribution in [0.1, 0.15) is 58.3 Å². The summed E-state index contributed by atoms with van der Waals surface area (Å²) >= 11 is 0. The van der Waals surface area contributed by atoms with Crippen molar-refractivity contribution >= 4 is 11.9 Å². The topological polar surface area (TPSA) is 90.3 Å². The van der Waals surface area contributed by atoms with Crippen LogP contribution in [-0.4, -0.2) is 72.1 Å². The van der Waals surface area contributed by atoms with Gasteiger partial charge in [0.2, 0.25) is 0 Å². The fourth-order valence-electron chi connectivity index (χ4n) is 2.58. The number of rotatable bonds is 17. The molecule has 0 heterocycles. The summed E-state index contributed by atoms with van der Waals surface area (Å²) in [5, 5.41) is 21.3. The largest absolute Gasteiger partial charge is 0.480 e. The molecule has 0 aromatic carbocycles. The lowest BCUT2D eigenvalue weighted by Gasteiger charge is -2.32. The van der Waals surface area contributed by atoms with E-state index in [0.29, 0.717) is 19.7 Å². The second-order valence-electron chi connectivity index (χ2n) is 6.03. The molecule has 0 saturated carbocycles. The Bertz CT molecular complexity index is 339. The van der Waals surface area contributed by atoms with Gasteiger partial charge in [-0.05, 0) is 6.42 Å². The van der Waals surface area contributed by atoms with Crippen molar-refractivity contribution in [2.24, 2.45) is 0 Å². The van der Waals surface area contributed by atoms with Crippen molar-refractivity contribution < 1.29 is 24.5 Å². The van der Waals surface area contributed by atoms with Crippen LogP contribution in [0.15, 0.2) is 0 Å². The molecule has 0 aliphatic heterocycles. The van der Waals surface area contributed by atoms with Gasteiger partial charge in [0.25, 0.3) is 0 Å². The summed E-state index contributed by atoms with van der Waals surface area (Å²) in [6.07, 6.45) is 9.32. The van der Waals surface area contributed by atoms with Crippen LogP contribution in [0.4, 0.5) is 0 Å². The molecule has 0 saturated heterocycles. The van der Waals surface area contributed by atoms with Gasteiger partial charge in [0, 0.05) is 20.2 Å². The molecule has 7 nitrogen and oxygen atoms in total. The number of unbranched alkanes of at least 4 members (excludes halogenated alkanes) is 7. The number of hydrogen-bond acceptors (Lipinski definition) is 5. The Morgan fingerprint density at radius 3 is 1.71 bits per heavy atom.